The number of imidazole rings is 1. The standard InChI is InChI=1S/C21H25N3O3/c1-23-10-8-22-21(23)19(25)17-6-4-9-24(13-17)12-15-11-16-5-3-7-18(26-2)20(16)27-14-15/h3,5,7-8,10-11,17H,4,6,9,12-14H2,1-2H3/t17-/m0/s1. The van der Waals surface area contributed by atoms with Gasteiger partial charge in [-0.1, -0.05) is 12.1 Å². The molecule has 1 aromatic carbocycles. The van der Waals surface area contributed by atoms with Crippen molar-refractivity contribution in [2.45, 2.75) is 12.8 Å². The van der Waals surface area contributed by atoms with E-state index in [2.05, 4.69) is 16.0 Å². The molecule has 6 nitrogen and oxygen atoms in total. The lowest BCUT2D eigenvalue weighted by molar-refractivity contribution is 0.0813. The largest absolute Gasteiger partial charge is 0.493 e. The summed E-state index contributed by atoms with van der Waals surface area (Å²) < 4.78 is 13.1. The van der Waals surface area contributed by atoms with Crippen molar-refractivity contribution in [1.82, 2.24) is 14.5 Å². The number of para-hydroxylation sites is 1. The molecule has 2 aliphatic heterocycles. The number of fused-ring (bicyclic) bond motifs is 1. The van der Waals surface area contributed by atoms with E-state index < -0.39 is 0 Å². The van der Waals surface area contributed by atoms with E-state index in [0.717, 1.165) is 49.5 Å². The first-order valence-electron chi connectivity index (χ1n) is 9.39. The second-order valence-corrected chi connectivity index (χ2v) is 7.27. The van der Waals surface area contributed by atoms with E-state index in [-0.39, 0.29) is 11.7 Å². The number of nitrogens with zero attached hydrogens (tertiary/aromatic N) is 3. The van der Waals surface area contributed by atoms with Gasteiger partial charge in [-0.3, -0.25) is 9.69 Å². The molecule has 1 aromatic heterocycles. The van der Waals surface area contributed by atoms with Gasteiger partial charge in [0.2, 0.25) is 5.78 Å². The number of likely N-dealkylation sites (tertiary alicyclic amines) is 1. The number of aromatic nitrogens is 2. The van der Waals surface area contributed by atoms with Crippen molar-refractivity contribution in [3.8, 4) is 11.5 Å². The molecule has 0 unspecified atom stereocenters. The van der Waals surface area contributed by atoms with Crippen LogP contribution in [0, 0.1) is 5.92 Å². The Bertz CT molecular complexity index is 871. The van der Waals surface area contributed by atoms with Gasteiger partial charge in [0.05, 0.1) is 7.11 Å². The van der Waals surface area contributed by atoms with Crippen LogP contribution in [0.15, 0.2) is 36.2 Å². The molecule has 0 amide bonds. The number of hydrogen-bond donors (Lipinski definition) is 0. The minimum absolute atomic E-state index is 0.0114. The van der Waals surface area contributed by atoms with E-state index in [1.807, 2.05) is 36.0 Å². The van der Waals surface area contributed by atoms with Crippen molar-refractivity contribution < 1.29 is 14.3 Å². The molecule has 2 aromatic rings. The van der Waals surface area contributed by atoms with Gasteiger partial charge in [-0.15, -0.1) is 0 Å². The van der Waals surface area contributed by atoms with E-state index in [9.17, 15) is 4.79 Å². The summed E-state index contributed by atoms with van der Waals surface area (Å²) in [7, 11) is 3.53. The molecule has 2 aliphatic rings. The molecule has 0 N–H and O–H groups in total. The third kappa shape index (κ3) is 3.62. The fourth-order valence-electron chi connectivity index (χ4n) is 3.97. The van der Waals surface area contributed by atoms with Gasteiger partial charge in [0.15, 0.2) is 17.3 Å². The van der Waals surface area contributed by atoms with Crippen molar-refractivity contribution in [3.63, 3.8) is 0 Å². The van der Waals surface area contributed by atoms with Gasteiger partial charge in [0.25, 0.3) is 0 Å². The normalized spacial score (nSPS) is 19.8. The maximum Gasteiger partial charge on any atom is 0.202 e. The number of Topliss-reactive ketones (excluding diaryl/α,β-unsaturated/α-hetero) is 1. The first kappa shape index (κ1) is 17.8. The highest BCUT2D eigenvalue weighted by Gasteiger charge is 2.29. The lowest BCUT2D eigenvalue weighted by atomic mass is 9.92. The lowest BCUT2D eigenvalue weighted by Gasteiger charge is -2.33. The first-order valence-corrected chi connectivity index (χ1v) is 9.39. The summed E-state index contributed by atoms with van der Waals surface area (Å²) in [4.78, 5) is 19.4. The van der Waals surface area contributed by atoms with Crippen LogP contribution in [0.3, 0.4) is 0 Å². The van der Waals surface area contributed by atoms with Crippen LogP contribution in [0.25, 0.3) is 6.08 Å². The van der Waals surface area contributed by atoms with E-state index in [4.69, 9.17) is 9.47 Å². The van der Waals surface area contributed by atoms with Gasteiger partial charge < -0.3 is 14.0 Å². The van der Waals surface area contributed by atoms with Crippen LogP contribution < -0.4 is 9.47 Å². The topological polar surface area (TPSA) is 56.6 Å². The summed E-state index contributed by atoms with van der Waals surface area (Å²) in [6.45, 7) is 3.16. The Morgan fingerprint density at radius 1 is 1.41 bits per heavy atom. The highest BCUT2D eigenvalue weighted by Crippen LogP contribution is 2.35. The summed E-state index contributed by atoms with van der Waals surface area (Å²) in [5, 5.41) is 0. The number of carbonyl (C=O) groups excluding carboxylic acids is 1. The molecule has 3 heterocycles. The third-order valence-electron chi connectivity index (χ3n) is 5.34. The molecule has 0 aliphatic carbocycles. The highest BCUT2D eigenvalue weighted by atomic mass is 16.5. The molecule has 4 rings (SSSR count). The number of carbonyl (C=O) groups is 1. The van der Waals surface area contributed by atoms with Gasteiger partial charge in [0.1, 0.15) is 6.61 Å². The van der Waals surface area contributed by atoms with Gasteiger partial charge in [-0.2, -0.15) is 0 Å². The molecule has 1 atom stereocenters. The number of ketones is 1. The molecule has 0 spiro atoms. The smallest absolute Gasteiger partial charge is 0.202 e. The number of aryl methyl sites for hydroxylation is 1. The molecule has 0 bridgehead atoms. The zero-order chi connectivity index (χ0) is 18.8. The lowest BCUT2D eigenvalue weighted by Crippen LogP contribution is -2.40. The molecule has 142 valence electrons. The van der Waals surface area contributed by atoms with Gasteiger partial charge in [0, 0.05) is 44.0 Å². The predicted molar refractivity (Wildman–Crippen MR) is 103 cm³/mol. The molecule has 0 radical (unpaired) electrons. The monoisotopic (exact) mass is 367 g/mol. The summed E-state index contributed by atoms with van der Waals surface area (Å²) in [6.07, 6.45) is 7.65. The Morgan fingerprint density at radius 2 is 2.30 bits per heavy atom. The van der Waals surface area contributed by atoms with Crippen LogP contribution in [0.1, 0.15) is 29.0 Å². The summed E-state index contributed by atoms with van der Waals surface area (Å²) in [5.74, 6) is 2.29. The van der Waals surface area contributed by atoms with Crippen molar-refractivity contribution in [3.05, 3.63) is 47.6 Å². The fourth-order valence-corrected chi connectivity index (χ4v) is 3.97. The van der Waals surface area contributed by atoms with Crippen LogP contribution in [0.5, 0.6) is 11.5 Å². The highest BCUT2D eigenvalue weighted by molar-refractivity contribution is 5.95. The minimum atomic E-state index is 0.0114. The van der Waals surface area contributed by atoms with Crippen LogP contribution in [0.4, 0.5) is 0 Å². The van der Waals surface area contributed by atoms with Crippen molar-refractivity contribution in [1.29, 1.82) is 0 Å². The zero-order valence-corrected chi connectivity index (χ0v) is 15.9. The Labute approximate surface area is 159 Å². The predicted octanol–water partition coefficient (Wildman–Crippen LogP) is 2.80. The third-order valence-corrected chi connectivity index (χ3v) is 5.34. The van der Waals surface area contributed by atoms with Crippen molar-refractivity contribution in [2.75, 3.05) is 33.4 Å². The number of piperidine rings is 1. The summed E-state index contributed by atoms with van der Waals surface area (Å²) in [5.41, 5.74) is 2.27. The Kier molecular flexibility index (Phi) is 4.99. The van der Waals surface area contributed by atoms with Crippen LogP contribution in [-0.4, -0.2) is 53.6 Å². The average Bonchev–Trinajstić information content (AvgIpc) is 3.12. The summed E-state index contributed by atoms with van der Waals surface area (Å²) in [6, 6.07) is 5.93. The number of rotatable bonds is 5. The number of hydrogen-bond acceptors (Lipinski definition) is 5. The quantitative estimate of drug-likeness (QED) is 0.761. The molecular formula is C21H25N3O3. The molecule has 0 saturated carbocycles. The Balaban J connectivity index is 1.44. The molecule has 6 heteroatoms. The van der Waals surface area contributed by atoms with Crippen LogP contribution in [-0.2, 0) is 7.05 Å². The molecule has 27 heavy (non-hydrogen) atoms. The van der Waals surface area contributed by atoms with Gasteiger partial charge >= 0.3 is 0 Å². The fraction of sp³-hybridized carbons (Fsp3) is 0.429. The van der Waals surface area contributed by atoms with Crippen molar-refractivity contribution in [2.24, 2.45) is 13.0 Å². The van der Waals surface area contributed by atoms with Crippen LogP contribution >= 0.6 is 0 Å². The van der Waals surface area contributed by atoms with E-state index in [0.29, 0.717) is 12.4 Å². The second kappa shape index (κ2) is 7.56. The van der Waals surface area contributed by atoms with E-state index in [1.165, 1.54) is 5.57 Å². The summed E-state index contributed by atoms with van der Waals surface area (Å²) >= 11 is 0. The Morgan fingerprint density at radius 3 is 3.07 bits per heavy atom. The molecule has 1 fully saturated rings. The second-order valence-electron chi connectivity index (χ2n) is 7.27. The first-order chi connectivity index (χ1) is 13.2. The van der Waals surface area contributed by atoms with Gasteiger partial charge in [-0.25, -0.2) is 4.98 Å². The number of ether oxygens (including phenoxy) is 2. The zero-order valence-electron chi connectivity index (χ0n) is 15.9. The maximum atomic E-state index is 12.8. The minimum Gasteiger partial charge on any atom is -0.493 e. The van der Waals surface area contributed by atoms with Gasteiger partial charge in [-0.05, 0) is 37.1 Å². The molecule has 1 saturated heterocycles. The number of benzene rings is 1. The number of methoxy groups -OCH3 is 1. The SMILES string of the molecule is COc1cccc2c1OCC(CN1CCC[C@H](C(=O)c3nccn3C)C1)=C2. The Hall–Kier alpha value is -2.60. The molecular weight excluding hydrogens is 342 g/mol. The van der Waals surface area contributed by atoms with E-state index >= 15 is 0 Å². The maximum absolute atomic E-state index is 12.8. The van der Waals surface area contributed by atoms with Crippen LogP contribution in [0.2, 0.25) is 0 Å². The average molecular weight is 367 g/mol. The van der Waals surface area contributed by atoms with Crippen molar-refractivity contribution >= 4 is 11.9 Å². The van der Waals surface area contributed by atoms with E-state index in [1.54, 1.807) is 13.3 Å².